The number of carbonyl (C=O) groups is 3. The van der Waals surface area contributed by atoms with Crippen molar-refractivity contribution in [3.63, 3.8) is 0 Å². The van der Waals surface area contributed by atoms with Crippen LogP contribution in [0.2, 0.25) is 0 Å². The van der Waals surface area contributed by atoms with Crippen LogP contribution in [0.3, 0.4) is 0 Å². The van der Waals surface area contributed by atoms with Crippen LogP contribution in [-0.4, -0.2) is 45.4 Å². The van der Waals surface area contributed by atoms with Crippen LogP contribution in [0, 0.1) is 5.82 Å². The monoisotopic (exact) mass is 535 g/mol. The number of carbonyl (C=O) groups excluding carboxylic acids is 3. The molecule has 2 aromatic carbocycles. The number of anilines is 1. The maximum atomic E-state index is 13.3. The van der Waals surface area contributed by atoms with Gasteiger partial charge in [-0.1, -0.05) is 30.0 Å². The van der Waals surface area contributed by atoms with Gasteiger partial charge >= 0.3 is 0 Å². The van der Waals surface area contributed by atoms with Gasteiger partial charge < -0.3 is 10.6 Å². The van der Waals surface area contributed by atoms with Gasteiger partial charge in [0.1, 0.15) is 17.7 Å². The minimum atomic E-state index is -0.715. The number of aliphatic imine (C=N–C) groups is 2. The van der Waals surface area contributed by atoms with Gasteiger partial charge in [-0.05, 0) is 54.3 Å². The molecule has 0 aliphatic carbocycles. The van der Waals surface area contributed by atoms with E-state index in [1.54, 1.807) is 11.3 Å². The van der Waals surface area contributed by atoms with Gasteiger partial charge in [-0.3, -0.25) is 19.4 Å². The van der Waals surface area contributed by atoms with Gasteiger partial charge in [-0.15, -0.1) is 11.3 Å². The molecule has 37 heavy (non-hydrogen) atoms. The zero-order chi connectivity index (χ0) is 25.8. The van der Waals surface area contributed by atoms with Crippen molar-refractivity contribution in [2.24, 2.45) is 9.98 Å². The van der Waals surface area contributed by atoms with Crippen molar-refractivity contribution < 1.29 is 18.8 Å². The highest BCUT2D eigenvalue weighted by Gasteiger charge is 2.41. The van der Waals surface area contributed by atoms with Crippen LogP contribution in [0.5, 0.6) is 0 Å². The lowest BCUT2D eigenvalue weighted by molar-refractivity contribution is -0.125. The number of benzene rings is 2. The Morgan fingerprint density at radius 1 is 1.05 bits per heavy atom. The van der Waals surface area contributed by atoms with Gasteiger partial charge in [0.2, 0.25) is 11.8 Å². The Balaban J connectivity index is 1.25. The van der Waals surface area contributed by atoms with Crippen molar-refractivity contribution >= 4 is 63.2 Å². The molecule has 2 aliphatic heterocycles. The molecule has 0 fully saturated rings. The van der Waals surface area contributed by atoms with Gasteiger partial charge in [0.15, 0.2) is 5.17 Å². The second-order valence-corrected chi connectivity index (χ2v) is 10.3. The minimum absolute atomic E-state index is 0.00870. The number of halogens is 1. The number of rotatable bonds is 8. The van der Waals surface area contributed by atoms with Crippen LogP contribution < -0.4 is 10.6 Å². The lowest BCUT2D eigenvalue weighted by Crippen LogP contribution is -2.41. The lowest BCUT2D eigenvalue weighted by atomic mass is 10.1. The average molecular weight is 536 g/mol. The summed E-state index contributed by atoms with van der Waals surface area (Å²) in [6, 6.07) is 16.0. The first-order chi connectivity index (χ1) is 18.0. The summed E-state index contributed by atoms with van der Waals surface area (Å²) in [6.45, 7) is 0.455. The number of thioether (sulfide) groups is 1. The Kier molecular flexibility index (Phi) is 7.42. The molecular weight excluding hydrogens is 513 g/mol. The molecule has 5 rings (SSSR count). The van der Waals surface area contributed by atoms with Crippen LogP contribution >= 0.6 is 23.1 Å². The summed E-state index contributed by atoms with van der Waals surface area (Å²) in [4.78, 5) is 49.9. The predicted molar refractivity (Wildman–Crippen MR) is 144 cm³/mol. The smallest absolute Gasteiger partial charge is 0.259 e. The summed E-state index contributed by atoms with van der Waals surface area (Å²) in [5.41, 5.74) is 1.85. The Hall–Kier alpha value is -3.83. The number of amidine groups is 2. The van der Waals surface area contributed by atoms with E-state index in [1.165, 1.54) is 29.2 Å². The van der Waals surface area contributed by atoms with Crippen LogP contribution in [-0.2, 0) is 20.9 Å². The van der Waals surface area contributed by atoms with Gasteiger partial charge in [-0.2, -0.15) is 0 Å². The summed E-state index contributed by atoms with van der Waals surface area (Å²) in [5.74, 6) is -0.668. The second-order valence-electron chi connectivity index (χ2n) is 8.29. The highest BCUT2D eigenvalue weighted by molar-refractivity contribution is 8.14. The molecule has 0 saturated carbocycles. The Morgan fingerprint density at radius 3 is 2.65 bits per heavy atom. The van der Waals surface area contributed by atoms with Crippen LogP contribution in [0.25, 0.3) is 0 Å². The molecule has 8 nitrogen and oxygen atoms in total. The summed E-state index contributed by atoms with van der Waals surface area (Å²) in [7, 11) is 0. The summed E-state index contributed by atoms with van der Waals surface area (Å²) >= 11 is 2.68. The second kappa shape index (κ2) is 11.1. The molecule has 1 aromatic heterocycles. The first-order valence-corrected chi connectivity index (χ1v) is 13.4. The van der Waals surface area contributed by atoms with Crippen molar-refractivity contribution in [1.82, 2.24) is 10.2 Å². The summed E-state index contributed by atoms with van der Waals surface area (Å²) in [5, 5.41) is 7.87. The molecule has 0 radical (unpaired) electrons. The number of amides is 3. The number of nitrogens with one attached hydrogen (secondary N) is 2. The topological polar surface area (TPSA) is 103 Å². The van der Waals surface area contributed by atoms with E-state index in [4.69, 9.17) is 0 Å². The summed E-state index contributed by atoms with van der Waals surface area (Å²) < 4.78 is 13.1. The molecule has 0 saturated heterocycles. The minimum Gasteiger partial charge on any atom is -0.351 e. The normalized spacial score (nSPS) is 16.0. The molecule has 3 amide bonds. The molecule has 2 N–H and O–H groups in total. The van der Waals surface area contributed by atoms with Crippen molar-refractivity contribution in [3.8, 4) is 0 Å². The number of thiophene rings is 1. The number of hydrogen-bond acceptors (Lipinski definition) is 7. The zero-order valence-corrected chi connectivity index (χ0v) is 21.2. The molecule has 188 valence electrons. The van der Waals surface area contributed by atoms with Crippen molar-refractivity contribution in [3.05, 3.63) is 82.3 Å². The highest BCUT2D eigenvalue weighted by Crippen LogP contribution is 2.34. The van der Waals surface area contributed by atoms with E-state index in [1.807, 2.05) is 41.8 Å². The third-order valence-corrected chi connectivity index (χ3v) is 7.51. The van der Waals surface area contributed by atoms with E-state index >= 15 is 0 Å². The molecule has 0 unspecified atom stereocenters. The van der Waals surface area contributed by atoms with Crippen LogP contribution in [0.15, 0.2) is 76.0 Å². The van der Waals surface area contributed by atoms with Gasteiger partial charge in [0.25, 0.3) is 5.91 Å². The van der Waals surface area contributed by atoms with E-state index in [9.17, 15) is 18.8 Å². The number of hydrogen-bond donors (Lipinski definition) is 2. The van der Waals surface area contributed by atoms with Crippen molar-refractivity contribution in [2.45, 2.75) is 25.4 Å². The standard InChI is InChI=1S/C26H22FN5O3S2/c27-16-7-9-17(10-8-16)29-23(34)15-37-26-31-20-6-2-1-5-19(20)24-30-21(25(35)32(24)26)11-12-22(33)28-14-18-4-3-13-36-18/h1-10,13,21H,11-12,14-15H2,(H,28,33)(H,29,34)/t21-/m0/s1. The molecule has 0 bridgehead atoms. The van der Waals surface area contributed by atoms with E-state index in [0.717, 1.165) is 22.2 Å². The number of nitrogens with zero attached hydrogens (tertiary/aromatic N) is 3. The average Bonchev–Trinajstić information content (AvgIpc) is 3.54. The Bertz CT molecular complexity index is 1390. The molecule has 3 heterocycles. The number of para-hydroxylation sites is 1. The third kappa shape index (κ3) is 5.78. The molecule has 11 heteroatoms. The van der Waals surface area contributed by atoms with Gasteiger partial charge in [-0.25, -0.2) is 14.3 Å². The first kappa shape index (κ1) is 24.8. The lowest BCUT2D eigenvalue weighted by Gasteiger charge is -2.25. The van der Waals surface area contributed by atoms with E-state index in [-0.39, 0.29) is 36.3 Å². The quantitative estimate of drug-likeness (QED) is 0.449. The molecule has 0 spiro atoms. The van der Waals surface area contributed by atoms with E-state index in [0.29, 0.717) is 28.9 Å². The first-order valence-electron chi connectivity index (χ1n) is 11.5. The van der Waals surface area contributed by atoms with Crippen LogP contribution in [0.1, 0.15) is 23.3 Å². The largest absolute Gasteiger partial charge is 0.351 e. The Morgan fingerprint density at radius 2 is 1.86 bits per heavy atom. The van der Waals surface area contributed by atoms with Crippen molar-refractivity contribution in [1.29, 1.82) is 0 Å². The van der Waals surface area contributed by atoms with Gasteiger partial charge in [0.05, 0.1) is 18.0 Å². The van der Waals surface area contributed by atoms with Gasteiger partial charge in [0, 0.05) is 22.5 Å². The fraction of sp³-hybridized carbons (Fsp3) is 0.192. The third-order valence-electron chi connectivity index (χ3n) is 5.69. The maximum Gasteiger partial charge on any atom is 0.259 e. The maximum absolute atomic E-state index is 13.3. The molecule has 1 atom stereocenters. The van der Waals surface area contributed by atoms with Crippen molar-refractivity contribution in [2.75, 3.05) is 11.1 Å². The molecule has 2 aliphatic rings. The van der Waals surface area contributed by atoms with Crippen LogP contribution in [0.4, 0.5) is 15.8 Å². The molecular formula is C26H22FN5O3S2. The zero-order valence-electron chi connectivity index (χ0n) is 19.5. The van der Waals surface area contributed by atoms with E-state index in [2.05, 4.69) is 20.6 Å². The Labute approximate surface area is 220 Å². The number of fused-ring (bicyclic) bond motifs is 3. The van der Waals surface area contributed by atoms with E-state index < -0.39 is 11.9 Å². The fourth-order valence-electron chi connectivity index (χ4n) is 3.90. The fourth-order valence-corrected chi connectivity index (χ4v) is 5.35. The predicted octanol–water partition coefficient (Wildman–Crippen LogP) is 4.31. The molecule has 3 aromatic rings. The highest BCUT2D eigenvalue weighted by atomic mass is 32.2. The summed E-state index contributed by atoms with van der Waals surface area (Å²) in [6.07, 6.45) is 0.425. The SMILES string of the molecule is O=C(CC[C@@H]1N=C2c3ccccc3N=C(SCC(=O)Nc3ccc(F)cc3)N2C1=O)NCc1cccs1.